The molecule has 0 bridgehead atoms. The molecule has 0 spiro atoms. The first-order chi connectivity index (χ1) is 23.7. The monoisotopic (exact) mass is 630 g/mol. The minimum absolute atomic E-state index is 0.788. The van der Waals surface area contributed by atoms with Gasteiger partial charge in [0, 0.05) is 0 Å². The lowest BCUT2D eigenvalue weighted by molar-refractivity contribution is 0.305. The normalized spacial score (nSPS) is 11.5. The van der Waals surface area contributed by atoms with Crippen molar-refractivity contribution in [3.63, 3.8) is 0 Å². The van der Waals surface area contributed by atoms with E-state index in [1.807, 2.05) is 0 Å². The Hall–Kier alpha value is -4.82. The molecule has 0 aliphatic rings. The summed E-state index contributed by atoms with van der Waals surface area (Å²) in [5.41, 5.74) is 4.93. The molecule has 0 aromatic heterocycles. The molecule has 2 heteroatoms. The Balaban J connectivity index is 1.08. The Morgan fingerprint density at radius 2 is 0.646 bits per heavy atom. The molecule has 7 aromatic carbocycles. The van der Waals surface area contributed by atoms with E-state index in [-0.39, 0.29) is 0 Å². The molecule has 0 saturated carbocycles. The summed E-state index contributed by atoms with van der Waals surface area (Å²) >= 11 is 0. The molecular weight excluding hydrogens is 585 g/mol. The molecule has 48 heavy (non-hydrogen) atoms. The molecule has 0 heterocycles. The van der Waals surface area contributed by atoms with Crippen molar-refractivity contribution in [2.24, 2.45) is 0 Å². The Bertz CT molecular complexity index is 2020. The van der Waals surface area contributed by atoms with Gasteiger partial charge in [-0.1, -0.05) is 113 Å². The minimum Gasteiger partial charge on any atom is -0.494 e. The van der Waals surface area contributed by atoms with E-state index in [1.165, 1.54) is 104 Å². The van der Waals surface area contributed by atoms with Crippen molar-refractivity contribution in [1.82, 2.24) is 0 Å². The summed E-state index contributed by atoms with van der Waals surface area (Å²) in [7, 11) is 0. The Labute approximate surface area is 285 Å². The van der Waals surface area contributed by atoms with Crippen LogP contribution in [-0.2, 0) is 0 Å². The summed E-state index contributed by atoms with van der Waals surface area (Å²) in [6.45, 7) is 6.05. The van der Waals surface area contributed by atoms with Gasteiger partial charge in [-0.25, -0.2) is 0 Å². The molecule has 0 aliphatic heterocycles. The van der Waals surface area contributed by atoms with Crippen LogP contribution in [0.25, 0.3) is 65.3 Å². The molecule has 7 rings (SSSR count). The average molecular weight is 631 g/mol. The number of rotatable bonds is 14. The SMILES string of the molecule is CCCCCCOc1ccc2cc(-c3ccc4cc5cc(-c6ccc7cc(OCCCCCC)ccc7c6)ccc5cc4c3)ccc2c1. The molecule has 7 aromatic rings. The second-order valence-electron chi connectivity index (χ2n) is 13.2. The highest BCUT2D eigenvalue weighted by Gasteiger charge is 2.08. The van der Waals surface area contributed by atoms with Crippen molar-refractivity contribution in [2.45, 2.75) is 65.2 Å². The first kappa shape index (κ1) is 31.8. The fraction of sp³-hybridized carbons (Fsp3) is 0.261. The first-order valence-corrected chi connectivity index (χ1v) is 18.0. The van der Waals surface area contributed by atoms with Crippen LogP contribution in [0.4, 0.5) is 0 Å². The topological polar surface area (TPSA) is 18.5 Å². The standard InChI is InChI=1S/C46H46O2/c1-3-5-7-9-23-47-45-21-19-37-25-33(13-17-41(37)31-45)35-11-15-39-30-44-28-36(12-16-40(44)29-43(39)27-35)34-14-18-42-32-46(22-20-38(42)26-34)48-24-10-8-6-4-2/h11-22,25-32H,3-10,23-24H2,1-2H3. The van der Waals surface area contributed by atoms with Crippen LogP contribution in [0.5, 0.6) is 11.5 Å². The number of ether oxygens (including phenoxy) is 2. The maximum atomic E-state index is 6.03. The van der Waals surface area contributed by atoms with Crippen molar-refractivity contribution in [1.29, 1.82) is 0 Å². The number of hydrogen-bond donors (Lipinski definition) is 0. The molecule has 0 radical (unpaired) electrons. The Morgan fingerprint density at radius 1 is 0.312 bits per heavy atom. The van der Waals surface area contributed by atoms with Crippen LogP contribution in [0.3, 0.4) is 0 Å². The maximum absolute atomic E-state index is 6.03. The maximum Gasteiger partial charge on any atom is 0.119 e. The van der Waals surface area contributed by atoms with Gasteiger partial charge in [-0.15, -0.1) is 0 Å². The molecular formula is C46H46O2. The molecule has 0 saturated heterocycles. The highest BCUT2D eigenvalue weighted by atomic mass is 16.5. The predicted molar refractivity (Wildman–Crippen MR) is 207 cm³/mol. The van der Waals surface area contributed by atoms with Gasteiger partial charge in [0.05, 0.1) is 13.2 Å². The third-order valence-corrected chi connectivity index (χ3v) is 9.62. The highest BCUT2D eigenvalue weighted by Crippen LogP contribution is 2.34. The molecule has 242 valence electrons. The van der Waals surface area contributed by atoms with E-state index in [4.69, 9.17) is 9.47 Å². The Morgan fingerprint density at radius 3 is 1.04 bits per heavy atom. The van der Waals surface area contributed by atoms with Gasteiger partial charge in [0.15, 0.2) is 0 Å². The van der Waals surface area contributed by atoms with Crippen LogP contribution in [0.1, 0.15) is 65.2 Å². The lowest BCUT2D eigenvalue weighted by Gasteiger charge is -2.11. The number of benzene rings is 7. The van der Waals surface area contributed by atoms with Crippen LogP contribution < -0.4 is 9.47 Å². The zero-order valence-electron chi connectivity index (χ0n) is 28.4. The molecule has 0 atom stereocenters. The van der Waals surface area contributed by atoms with E-state index in [9.17, 15) is 0 Å². The van der Waals surface area contributed by atoms with Gasteiger partial charge >= 0.3 is 0 Å². The van der Waals surface area contributed by atoms with Crippen LogP contribution in [-0.4, -0.2) is 13.2 Å². The summed E-state index contributed by atoms with van der Waals surface area (Å²) in [6, 6.07) is 44.7. The van der Waals surface area contributed by atoms with Crippen molar-refractivity contribution in [2.75, 3.05) is 13.2 Å². The second-order valence-corrected chi connectivity index (χ2v) is 13.2. The zero-order valence-corrected chi connectivity index (χ0v) is 28.4. The fourth-order valence-corrected chi connectivity index (χ4v) is 6.78. The largest absolute Gasteiger partial charge is 0.494 e. The van der Waals surface area contributed by atoms with Crippen molar-refractivity contribution < 1.29 is 9.47 Å². The zero-order chi connectivity index (χ0) is 32.7. The molecule has 2 nitrogen and oxygen atoms in total. The van der Waals surface area contributed by atoms with Crippen molar-refractivity contribution in [3.8, 4) is 33.8 Å². The summed E-state index contributed by atoms with van der Waals surface area (Å²) in [6.07, 6.45) is 9.75. The van der Waals surface area contributed by atoms with E-state index in [0.717, 1.165) is 37.6 Å². The van der Waals surface area contributed by atoms with Gasteiger partial charge in [0.2, 0.25) is 0 Å². The molecule has 0 unspecified atom stereocenters. The molecule has 0 fully saturated rings. The number of fused-ring (bicyclic) bond motifs is 4. The lowest BCUT2D eigenvalue weighted by Crippen LogP contribution is -1.97. The summed E-state index contributed by atoms with van der Waals surface area (Å²) in [4.78, 5) is 0. The van der Waals surface area contributed by atoms with E-state index < -0.39 is 0 Å². The quantitative estimate of drug-likeness (QED) is 0.0879. The van der Waals surface area contributed by atoms with Crippen LogP contribution in [0, 0.1) is 0 Å². The predicted octanol–water partition coefficient (Wildman–Crippen LogP) is 13.6. The van der Waals surface area contributed by atoms with Gasteiger partial charge in [0.1, 0.15) is 11.5 Å². The van der Waals surface area contributed by atoms with Gasteiger partial charge in [-0.05, 0) is 139 Å². The average Bonchev–Trinajstić information content (AvgIpc) is 3.13. The smallest absolute Gasteiger partial charge is 0.119 e. The van der Waals surface area contributed by atoms with Crippen molar-refractivity contribution >= 4 is 43.1 Å². The first-order valence-electron chi connectivity index (χ1n) is 18.0. The Kier molecular flexibility index (Phi) is 9.89. The summed E-state index contributed by atoms with van der Waals surface area (Å²) < 4.78 is 12.1. The van der Waals surface area contributed by atoms with Gasteiger partial charge in [-0.2, -0.15) is 0 Å². The van der Waals surface area contributed by atoms with E-state index >= 15 is 0 Å². The molecule has 0 amide bonds. The van der Waals surface area contributed by atoms with Crippen LogP contribution in [0.15, 0.2) is 121 Å². The molecule has 0 aliphatic carbocycles. The summed E-state index contributed by atoms with van der Waals surface area (Å²) in [5.74, 6) is 1.92. The molecule has 0 N–H and O–H groups in total. The second kappa shape index (κ2) is 14.9. The third-order valence-electron chi connectivity index (χ3n) is 9.62. The van der Waals surface area contributed by atoms with Crippen LogP contribution >= 0.6 is 0 Å². The lowest BCUT2D eigenvalue weighted by atomic mass is 9.95. The van der Waals surface area contributed by atoms with E-state index in [1.54, 1.807) is 0 Å². The van der Waals surface area contributed by atoms with Gasteiger partial charge in [-0.3, -0.25) is 0 Å². The van der Waals surface area contributed by atoms with E-state index in [0.29, 0.717) is 0 Å². The van der Waals surface area contributed by atoms with Gasteiger partial charge < -0.3 is 9.47 Å². The van der Waals surface area contributed by atoms with Crippen LogP contribution in [0.2, 0.25) is 0 Å². The summed E-state index contributed by atoms with van der Waals surface area (Å²) in [5, 5.41) is 9.92. The minimum atomic E-state index is 0.788. The highest BCUT2D eigenvalue weighted by molar-refractivity contribution is 6.02. The number of hydrogen-bond acceptors (Lipinski definition) is 2. The fourth-order valence-electron chi connectivity index (χ4n) is 6.78. The van der Waals surface area contributed by atoms with Crippen molar-refractivity contribution in [3.05, 3.63) is 121 Å². The number of unbranched alkanes of at least 4 members (excludes halogenated alkanes) is 6. The van der Waals surface area contributed by atoms with E-state index in [2.05, 4.69) is 135 Å². The van der Waals surface area contributed by atoms with Gasteiger partial charge in [0.25, 0.3) is 0 Å². The third kappa shape index (κ3) is 7.34.